The summed E-state index contributed by atoms with van der Waals surface area (Å²) in [6.07, 6.45) is 0. The van der Waals surface area contributed by atoms with Crippen molar-refractivity contribution in [1.82, 2.24) is 0 Å². The maximum atomic E-state index is 8.30. The molecular weight excluding hydrogens is 132 g/mol. The Morgan fingerprint density at radius 3 is 1.78 bits per heavy atom. The molecule has 1 heterocycles. The Balaban J connectivity index is 3.08. The van der Waals surface area contributed by atoms with E-state index < -0.39 is 0 Å². The lowest BCUT2D eigenvalue weighted by Gasteiger charge is -1.67. The molecule has 0 bridgehead atoms. The molecule has 0 atom stereocenters. The van der Waals surface area contributed by atoms with Gasteiger partial charge in [-0.25, -0.2) is 0 Å². The highest BCUT2D eigenvalue weighted by atomic mass is 32.1. The van der Waals surface area contributed by atoms with Crippen molar-refractivity contribution in [2.45, 2.75) is 0 Å². The zero-order valence-electron chi connectivity index (χ0n) is 4.46. The van der Waals surface area contributed by atoms with E-state index in [1.807, 2.05) is 12.1 Å². The lowest BCUT2D eigenvalue weighted by atomic mass is 10.4. The molecule has 1 aromatic heterocycles. The third kappa shape index (κ3) is 1.07. The zero-order chi connectivity index (χ0) is 6.69. The fourth-order valence-electron chi connectivity index (χ4n) is 0.458. The van der Waals surface area contributed by atoms with Gasteiger partial charge in [0.15, 0.2) is 0 Å². The van der Waals surface area contributed by atoms with E-state index in [1.54, 1.807) is 12.1 Å². The minimum absolute atomic E-state index is 0.589. The van der Waals surface area contributed by atoms with Crippen molar-refractivity contribution in [3.63, 3.8) is 0 Å². The van der Waals surface area contributed by atoms with Gasteiger partial charge in [0, 0.05) is 0 Å². The molecule has 0 radical (unpaired) electrons. The van der Waals surface area contributed by atoms with Gasteiger partial charge in [-0.3, -0.25) is 0 Å². The Morgan fingerprint density at radius 1 is 1.11 bits per heavy atom. The smallest absolute Gasteiger partial charge is 0.110 e. The fourth-order valence-corrected chi connectivity index (χ4v) is 1.06. The van der Waals surface area contributed by atoms with Crippen molar-refractivity contribution in [2.75, 3.05) is 0 Å². The largest absolute Gasteiger partial charge is 0.192 e. The molecule has 3 heteroatoms. The van der Waals surface area contributed by atoms with E-state index in [4.69, 9.17) is 10.5 Å². The Labute approximate surface area is 56.6 Å². The highest BCUT2D eigenvalue weighted by Gasteiger charge is 1.94. The summed E-state index contributed by atoms with van der Waals surface area (Å²) in [5, 5.41) is 16.6. The number of hydrogen-bond donors (Lipinski definition) is 0. The third-order valence-electron chi connectivity index (χ3n) is 0.826. The highest BCUT2D eigenvalue weighted by Crippen LogP contribution is 2.12. The van der Waals surface area contributed by atoms with Crippen LogP contribution < -0.4 is 0 Å². The van der Waals surface area contributed by atoms with Gasteiger partial charge in [-0.15, -0.1) is 11.3 Å². The monoisotopic (exact) mass is 134 g/mol. The van der Waals surface area contributed by atoms with Crippen molar-refractivity contribution in [1.29, 1.82) is 10.5 Å². The second-order valence-corrected chi connectivity index (χ2v) is 2.47. The maximum absolute atomic E-state index is 8.30. The van der Waals surface area contributed by atoms with Crippen LogP contribution in [0.1, 0.15) is 9.75 Å². The average molecular weight is 134 g/mol. The average Bonchev–Trinajstić information content (AvgIpc) is 2.34. The molecule has 0 unspecified atom stereocenters. The Hall–Kier alpha value is -1.32. The molecule has 0 fully saturated rings. The molecule has 0 N–H and O–H groups in total. The standard InChI is InChI=1S/C6H2N2S/c7-3-5-1-2-6(4-8)9-5/h1-2H. The molecule has 0 amide bonds. The van der Waals surface area contributed by atoms with Crippen LogP contribution in [0.2, 0.25) is 0 Å². The first-order valence-corrected chi connectivity index (χ1v) is 3.08. The van der Waals surface area contributed by atoms with Crippen molar-refractivity contribution in [3.8, 4) is 12.1 Å². The number of rotatable bonds is 0. The molecular formula is C6H2N2S. The van der Waals surface area contributed by atoms with Crippen LogP contribution in [-0.2, 0) is 0 Å². The molecule has 1 aromatic rings. The summed E-state index contributed by atoms with van der Waals surface area (Å²) in [6, 6.07) is 7.18. The number of hydrogen-bond acceptors (Lipinski definition) is 3. The molecule has 2 nitrogen and oxygen atoms in total. The Kier molecular flexibility index (Phi) is 1.48. The van der Waals surface area contributed by atoms with Gasteiger partial charge in [-0.2, -0.15) is 10.5 Å². The van der Waals surface area contributed by atoms with E-state index in [0.717, 1.165) is 0 Å². The van der Waals surface area contributed by atoms with Crippen LogP contribution >= 0.6 is 11.3 Å². The van der Waals surface area contributed by atoms with Gasteiger partial charge < -0.3 is 0 Å². The second kappa shape index (κ2) is 2.30. The third-order valence-corrected chi connectivity index (χ3v) is 1.72. The van der Waals surface area contributed by atoms with Crippen molar-refractivity contribution < 1.29 is 0 Å². The topological polar surface area (TPSA) is 47.6 Å². The van der Waals surface area contributed by atoms with Crippen LogP contribution in [-0.4, -0.2) is 0 Å². The van der Waals surface area contributed by atoms with Crippen molar-refractivity contribution >= 4 is 11.3 Å². The summed E-state index contributed by atoms with van der Waals surface area (Å²) >= 11 is 1.21. The molecule has 0 aliphatic heterocycles. The van der Waals surface area contributed by atoms with E-state index in [-0.39, 0.29) is 0 Å². The highest BCUT2D eigenvalue weighted by molar-refractivity contribution is 7.13. The van der Waals surface area contributed by atoms with E-state index in [1.165, 1.54) is 11.3 Å². The predicted molar refractivity (Wildman–Crippen MR) is 33.7 cm³/mol. The van der Waals surface area contributed by atoms with Crippen LogP contribution in [0, 0.1) is 22.7 Å². The molecule has 0 saturated heterocycles. The van der Waals surface area contributed by atoms with Gasteiger partial charge in [0.05, 0.1) is 0 Å². The molecule has 0 aromatic carbocycles. The lowest BCUT2D eigenvalue weighted by Crippen LogP contribution is -1.52. The summed E-state index contributed by atoms with van der Waals surface area (Å²) in [6.45, 7) is 0. The Bertz CT molecular complexity index is 258. The molecule has 0 saturated carbocycles. The minimum Gasteiger partial charge on any atom is -0.192 e. The quantitative estimate of drug-likeness (QED) is 0.539. The van der Waals surface area contributed by atoms with Crippen LogP contribution in [0.25, 0.3) is 0 Å². The number of nitrogens with zero attached hydrogens (tertiary/aromatic N) is 2. The first kappa shape index (κ1) is 5.81. The van der Waals surface area contributed by atoms with Gasteiger partial charge in [-0.05, 0) is 12.1 Å². The summed E-state index contributed by atoms with van der Waals surface area (Å²) < 4.78 is 0. The SMILES string of the molecule is N#Cc1ccc(C#N)s1. The number of thiophene rings is 1. The molecule has 1 rings (SSSR count). The maximum Gasteiger partial charge on any atom is 0.110 e. The van der Waals surface area contributed by atoms with Crippen LogP contribution in [0.3, 0.4) is 0 Å². The van der Waals surface area contributed by atoms with Crippen LogP contribution in [0.4, 0.5) is 0 Å². The lowest BCUT2D eigenvalue weighted by molar-refractivity contribution is 1.52. The second-order valence-electron chi connectivity index (χ2n) is 1.39. The summed E-state index contributed by atoms with van der Waals surface area (Å²) in [7, 11) is 0. The zero-order valence-corrected chi connectivity index (χ0v) is 5.27. The molecule has 0 aliphatic rings. The van der Waals surface area contributed by atoms with Gasteiger partial charge >= 0.3 is 0 Å². The van der Waals surface area contributed by atoms with Crippen molar-refractivity contribution in [3.05, 3.63) is 21.9 Å². The van der Waals surface area contributed by atoms with Crippen LogP contribution in [0.5, 0.6) is 0 Å². The van der Waals surface area contributed by atoms with Gasteiger partial charge in [-0.1, -0.05) is 0 Å². The molecule has 9 heavy (non-hydrogen) atoms. The van der Waals surface area contributed by atoms with Gasteiger partial charge in [0.1, 0.15) is 21.9 Å². The predicted octanol–water partition coefficient (Wildman–Crippen LogP) is 1.49. The molecule has 0 aliphatic carbocycles. The molecule has 0 spiro atoms. The minimum atomic E-state index is 0.589. The van der Waals surface area contributed by atoms with E-state index in [0.29, 0.717) is 9.75 Å². The molecule has 42 valence electrons. The number of nitriles is 2. The summed E-state index contributed by atoms with van der Waals surface area (Å²) in [4.78, 5) is 1.18. The first-order valence-electron chi connectivity index (χ1n) is 2.27. The van der Waals surface area contributed by atoms with Crippen LogP contribution in [0.15, 0.2) is 12.1 Å². The van der Waals surface area contributed by atoms with E-state index in [2.05, 4.69) is 0 Å². The normalized spacial score (nSPS) is 7.78. The van der Waals surface area contributed by atoms with E-state index >= 15 is 0 Å². The fraction of sp³-hybridized carbons (Fsp3) is 0. The summed E-state index contributed by atoms with van der Waals surface area (Å²) in [5.74, 6) is 0. The first-order chi connectivity index (χ1) is 4.36. The van der Waals surface area contributed by atoms with Gasteiger partial charge in [0.2, 0.25) is 0 Å². The Morgan fingerprint density at radius 2 is 1.56 bits per heavy atom. The van der Waals surface area contributed by atoms with Crippen molar-refractivity contribution in [2.24, 2.45) is 0 Å². The summed E-state index contributed by atoms with van der Waals surface area (Å²) in [5.41, 5.74) is 0. The van der Waals surface area contributed by atoms with E-state index in [9.17, 15) is 0 Å². The van der Waals surface area contributed by atoms with Gasteiger partial charge in [0.25, 0.3) is 0 Å².